The van der Waals surface area contributed by atoms with E-state index >= 15 is 0 Å². The molecule has 3 aromatic rings. The summed E-state index contributed by atoms with van der Waals surface area (Å²) in [5.74, 6) is 0.544. The number of fused-ring (bicyclic) bond motifs is 1. The first kappa shape index (κ1) is 27.6. The van der Waals surface area contributed by atoms with Crippen LogP contribution >= 0.6 is 11.6 Å². The van der Waals surface area contributed by atoms with Gasteiger partial charge in [0, 0.05) is 37.6 Å². The summed E-state index contributed by atoms with van der Waals surface area (Å²) in [5, 5.41) is 3.93. The third-order valence-electron chi connectivity index (χ3n) is 7.08. The molecule has 2 heterocycles. The highest BCUT2D eigenvalue weighted by atomic mass is 35.5. The SMILES string of the molecule is C[C@@H]1C[C@@H](C)CN(C(=O)Cn2c(=O)n(CCCC(=O)NCCc3ccc(Cl)cc3)c(=O)c3ccccc32)C1. The van der Waals surface area contributed by atoms with Crippen LogP contribution in [0.5, 0.6) is 0 Å². The molecule has 0 radical (unpaired) electrons. The molecule has 1 saturated heterocycles. The number of aromatic nitrogens is 2. The van der Waals surface area contributed by atoms with Gasteiger partial charge in [-0.1, -0.05) is 49.7 Å². The van der Waals surface area contributed by atoms with Crippen molar-refractivity contribution in [3.05, 3.63) is 80.0 Å². The topological polar surface area (TPSA) is 93.4 Å². The van der Waals surface area contributed by atoms with Crippen molar-refractivity contribution >= 4 is 34.3 Å². The van der Waals surface area contributed by atoms with E-state index in [2.05, 4.69) is 19.2 Å². The van der Waals surface area contributed by atoms with Crippen LogP contribution in [-0.2, 0) is 29.1 Å². The number of hydrogen-bond donors (Lipinski definition) is 1. The van der Waals surface area contributed by atoms with E-state index in [1.165, 1.54) is 4.57 Å². The lowest BCUT2D eigenvalue weighted by Crippen LogP contribution is -2.47. The van der Waals surface area contributed by atoms with Crippen LogP contribution in [0.15, 0.2) is 58.1 Å². The molecule has 4 rings (SSSR count). The van der Waals surface area contributed by atoms with E-state index in [9.17, 15) is 19.2 Å². The number of halogens is 1. The first-order valence-electron chi connectivity index (χ1n) is 13.2. The minimum atomic E-state index is -0.525. The minimum Gasteiger partial charge on any atom is -0.356 e. The van der Waals surface area contributed by atoms with Crippen LogP contribution < -0.4 is 16.6 Å². The quantitative estimate of drug-likeness (QED) is 0.451. The van der Waals surface area contributed by atoms with Crippen LogP contribution in [0.3, 0.4) is 0 Å². The number of nitrogens with zero attached hydrogens (tertiary/aromatic N) is 3. The van der Waals surface area contributed by atoms with Crippen LogP contribution in [0.2, 0.25) is 5.02 Å². The Morgan fingerprint density at radius 2 is 1.66 bits per heavy atom. The summed E-state index contributed by atoms with van der Waals surface area (Å²) in [6.07, 6.45) is 2.27. The van der Waals surface area contributed by atoms with Gasteiger partial charge in [0.2, 0.25) is 11.8 Å². The normalized spacial score (nSPS) is 17.5. The zero-order valence-corrected chi connectivity index (χ0v) is 22.7. The molecule has 1 aromatic heterocycles. The number of nitrogens with one attached hydrogen (secondary N) is 1. The number of piperidine rings is 1. The van der Waals surface area contributed by atoms with Gasteiger partial charge in [-0.05, 0) is 60.9 Å². The highest BCUT2D eigenvalue weighted by molar-refractivity contribution is 6.30. The molecule has 8 nitrogen and oxygen atoms in total. The lowest BCUT2D eigenvalue weighted by molar-refractivity contribution is -0.134. The highest BCUT2D eigenvalue weighted by Crippen LogP contribution is 2.21. The number of para-hydroxylation sites is 1. The van der Waals surface area contributed by atoms with E-state index in [0.717, 1.165) is 16.6 Å². The van der Waals surface area contributed by atoms with Crippen molar-refractivity contribution in [2.24, 2.45) is 11.8 Å². The van der Waals surface area contributed by atoms with Crippen molar-refractivity contribution in [2.45, 2.75) is 52.6 Å². The summed E-state index contributed by atoms with van der Waals surface area (Å²) in [4.78, 5) is 53.9. The molecule has 2 atom stereocenters. The van der Waals surface area contributed by atoms with Gasteiger partial charge >= 0.3 is 5.69 Å². The fourth-order valence-corrected chi connectivity index (χ4v) is 5.43. The Balaban J connectivity index is 1.43. The predicted molar refractivity (Wildman–Crippen MR) is 149 cm³/mol. The van der Waals surface area contributed by atoms with Gasteiger partial charge in [-0.3, -0.25) is 23.5 Å². The van der Waals surface area contributed by atoms with Crippen molar-refractivity contribution < 1.29 is 9.59 Å². The standard InChI is InChI=1S/C29H35ClN4O4/c1-20-16-21(2)18-32(17-20)27(36)19-34-25-7-4-3-6-24(25)28(37)33(29(34)38)15-5-8-26(35)31-14-13-22-9-11-23(30)12-10-22/h3-4,6-7,9-12,20-21H,5,8,13-19H2,1-2H3,(H,31,35)/t20-,21-/m1/s1. The summed E-state index contributed by atoms with van der Waals surface area (Å²) in [6.45, 7) is 6.06. The molecule has 1 fully saturated rings. The molecule has 202 valence electrons. The van der Waals surface area contributed by atoms with Crippen LogP contribution in [0.1, 0.15) is 38.7 Å². The predicted octanol–water partition coefficient (Wildman–Crippen LogP) is 3.46. The Hall–Kier alpha value is -3.39. The zero-order chi connectivity index (χ0) is 27.2. The van der Waals surface area contributed by atoms with Crippen molar-refractivity contribution in [2.75, 3.05) is 19.6 Å². The van der Waals surface area contributed by atoms with E-state index in [1.54, 1.807) is 24.3 Å². The van der Waals surface area contributed by atoms with Gasteiger partial charge in [-0.2, -0.15) is 0 Å². The Morgan fingerprint density at radius 3 is 2.37 bits per heavy atom. The summed E-state index contributed by atoms with van der Waals surface area (Å²) in [7, 11) is 0. The molecule has 2 aromatic carbocycles. The van der Waals surface area contributed by atoms with Crippen molar-refractivity contribution in [1.29, 1.82) is 0 Å². The highest BCUT2D eigenvalue weighted by Gasteiger charge is 2.26. The van der Waals surface area contributed by atoms with Gasteiger partial charge < -0.3 is 10.2 Å². The molecule has 2 amide bonds. The first-order chi connectivity index (χ1) is 18.2. The smallest absolute Gasteiger partial charge is 0.331 e. The number of benzene rings is 2. The number of hydrogen-bond acceptors (Lipinski definition) is 4. The van der Waals surface area contributed by atoms with Crippen molar-refractivity contribution in [1.82, 2.24) is 19.4 Å². The van der Waals surface area contributed by atoms with E-state index in [-0.39, 0.29) is 31.3 Å². The zero-order valence-electron chi connectivity index (χ0n) is 22.0. The number of rotatable bonds is 9. The second kappa shape index (κ2) is 12.4. The van der Waals surface area contributed by atoms with Crippen molar-refractivity contribution in [3.63, 3.8) is 0 Å². The lowest BCUT2D eigenvalue weighted by Gasteiger charge is -2.35. The molecule has 0 aliphatic carbocycles. The summed E-state index contributed by atoms with van der Waals surface area (Å²) in [6, 6.07) is 14.3. The van der Waals surface area contributed by atoms with E-state index in [0.29, 0.717) is 60.2 Å². The van der Waals surface area contributed by atoms with Gasteiger partial charge in [-0.25, -0.2) is 4.79 Å². The maximum absolute atomic E-state index is 13.4. The maximum atomic E-state index is 13.4. The van der Waals surface area contributed by atoms with Crippen LogP contribution in [0, 0.1) is 11.8 Å². The molecular formula is C29H35ClN4O4. The molecule has 1 aliphatic rings. The average Bonchev–Trinajstić information content (AvgIpc) is 2.89. The first-order valence-corrected chi connectivity index (χ1v) is 13.6. The molecule has 1 N–H and O–H groups in total. The molecule has 38 heavy (non-hydrogen) atoms. The van der Waals surface area contributed by atoms with Crippen molar-refractivity contribution in [3.8, 4) is 0 Å². The molecular weight excluding hydrogens is 504 g/mol. The van der Waals surface area contributed by atoms with Crippen LogP contribution in [-0.4, -0.2) is 45.5 Å². The fraction of sp³-hybridized carbons (Fsp3) is 0.448. The summed E-state index contributed by atoms with van der Waals surface area (Å²) >= 11 is 5.90. The van der Waals surface area contributed by atoms with Gasteiger partial charge in [0.15, 0.2) is 0 Å². The molecule has 0 saturated carbocycles. The van der Waals surface area contributed by atoms with Gasteiger partial charge in [0.05, 0.1) is 10.9 Å². The Bertz CT molecular complexity index is 1400. The average molecular weight is 539 g/mol. The third-order valence-corrected chi connectivity index (χ3v) is 7.33. The monoisotopic (exact) mass is 538 g/mol. The number of carbonyl (C=O) groups excluding carboxylic acids is 2. The maximum Gasteiger partial charge on any atom is 0.331 e. The van der Waals surface area contributed by atoms with Gasteiger partial charge in [-0.15, -0.1) is 0 Å². The molecule has 0 unspecified atom stereocenters. The van der Waals surface area contributed by atoms with Gasteiger partial charge in [0.1, 0.15) is 6.54 Å². The number of carbonyl (C=O) groups is 2. The van der Waals surface area contributed by atoms with E-state index in [4.69, 9.17) is 11.6 Å². The Morgan fingerprint density at radius 1 is 0.974 bits per heavy atom. The molecule has 0 spiro atoms. The van der Waals surface area contributed by atoms with Gasteiger partial charge in [0.25, 0.3) is 5.56 Å². The Labute approximate surface area is 227 Å². The molecule has 9 heteroatoms. The number of likely N-dealkylation sites (tertiary alicyclic amines) is 1. The third kappa shape index (κ3) is 6.72. The van der Waals surface area contributed by atoms with E-state index < -0.39 is 11.2 Å². The summed E-state index contributed by atoms with van der Waals surface area (Å²) in [5.41, 5.74) is 0.590. The number of amides is 2. The van der Waals surface area contributed by atoms with Crippen LogP contribution in [0.25, 0.3) is 10.9 Å². The minimum absolute atomic E-state index is 0.0963. The largest absolute Gasteiger partial charge is 0.356 e. The second-order valence-electron chi connectivity index (χ2n) is 10.4. The fourth-order valence-electron chi connectivity index (χ4n) is 5.31. The summed E-state index contributed by atoms with van der Waals surface area (Å²) < 4.78 is 2.55. The Kier molecular flexibility index (Phi) is 9.05. The van der Waals surface area contributed by atoms with Crippen LogP contribution in [0.4, 0.5) is 0 Å². The van der Waals surface area contributed by atoms with E-state index in [1.807, 2.05) is 29.2 Å². The second-order valence-corrected chi connectivity index (χ2v) is 10.9. The molecule has 1 aliphatic heterocycles. The molecule has 0 bridgehead atoms. The lowest BCUT2D eigenvalue weighted by atomic mass is 9.92.